The zero-order valence-electron chi connectivity index (χ0n) is 13.2. The monoisotopic (exact) mass is 303 g/mol. The number of hydrogen-bond acceptors (Lipinski definition) is 6. The van der Waals surface area contributed by atoms with Crippen molar-refractivity contribution in [2.45, 2.75) is 39.3 Å². The first-order valence-electron chi connectivity index (χ1n) is 6.77. The summed E-state index contributed by atoms with van der Waals surface area (Å²) in [5, 5.41) is 7.62. The lowest BCUT2D eigenvalue weighted by Gasteiger charge is -2.23. The number of esters is 1. The average molecular weight is 303 g/mol. The van der Waals surface area contributed by atoms with E-state index in [0.29, 0.717) is 0 Å². The van der Waals surface area contributed by atoms with Crippen LogP contribution in [0.15, 0.2) is 0 Å². The molecule has 122 valence electrons. The summed E-state index contributed by atoms with van der Waals surface area (Å²) in [6.07, 6.45) is -0.700. The predicted molar refractivity (Wildman–Crippen MR) is 76.7 cm³/mol. The van der Waals surface area contributed by atoms with E-state index in [-0.39, 0.29) is 19.7 Å². The third-order valence-electron chi connectivity index (χ3n) is 2.18. The SMILES string of the molecule is CCOC(=O)CNCC(NC(=O)OC(C)(C)C)C(=O)NC. The predicted octanol–water partition coefficient (Wildman–Crippen LogP) is -0.222. The summed E-state index contributed by atoms with van der Waals surface area (Å²) < 4.78 is 9.82. The standard InChI is InChI=1S/C13H25N3O5/c1-6-20-10(17)8-15-7-9(11(18)14-5)16-12(19)21-13(2,3)4/h9,15H,6-8H2,1-5H3,(H,14,18)(H,16,19). The molecular formula is C13H25N3O5. The van der Waals surface area contributed by atoms with E-state index in [4.69, 9.17) is 9.47 Å². The van der Waals surface area contributed by atoms with Gasteiger partial charge in [0.15, 0.2) is 0 Å². The number of carbonyl (C=O) groups excluding carboxylic acids is 3. The molecule has 8 heteroatoms. The molecule has 0 fully saturated rings. The number of nitrogens with one attached hydrogen (secondary N) is 3. The zero-order chi connectivity index (χ0) is 16.5. The van der Waals surface area contributed by atoms with Crippen molar-refractivity contribution in [2.75, 3.05) is 26.7 Å². The summed E-state index contributed by atoms with van der Waals surface area (Å²) in [4.78, 5) is 34.5. The minimum absolute atomic E-state index is 0.0443. The van der Waals surface area contributed by atoms with Crippen LogP contribution in [0.3, 0.4) is 0 Å². The first-order valence-corrected chi connectivity index (χ1v) is 6.77. The van der Waals surface area contributed by atoms with Crippen molar-refractivity contribution in [3.05, 3.63) is 0 Å². The second kappa shape index (κ2) is 9.17. The van der Waals surface area contributed by atoms with Crippen LogP contribution in [0.5, 0.6) is 0 Å². The van der Waals surface area contributed by atoms with Gasteiger partial charge in [0.25, 0.3) is 0 Å². The maximum Gasteiger partial charge on any atom is 0.408 e. The van der Waals surface area contributed by atoms with E-state index in [2.05, 4.69) is 16.0 Å². The van der Waals surface area contributed by atoms with Crippen LogP contribution in [-0.2, 0) is 19.1 Å². The molecule has 3 N–H and O–H groups in total. The molecule has 0 bridgehead atoms. The molecule has 1 unspecified atom stereocenters. The van der Waals surface area contributed by atoms with Crippen LogP contribution in [0.25, 0.3) is 0 Å². The van der Waals surface area contributed by atoms with Gasteiger partial charge in [-0.1, -0.05) is 0 Å². The van der Waals surface area contributed by atoms with Crippen molar-refractivity contribution in [3.8, 4) is 0 Å². The molecule has 21 heavy (non-hydrogen) atoms. The molecule has 0 aliphatic heterocycles. The minimum atomic E-state index is -0.848. The molecule has 0 aliphatic carbocycles. The normalized spacial score (nSPS) is 12.2. The van der Waals surface area contributed by atoms with E-state index in [9.17, 15) is 14.4 Å². The van der Waals surface area contributed by atoms with E-state index in [1.807, 2.05) is 0 Å². The molecule has 0 heterocycles. The van der Waals surface area contributed by atoms with Crippen LogP contribution in [0, 0.1) is 0 Å². The number of alkyl carbamates (subject to hydrolysis) is 1. The zero-order valence-corrected chi connectivity index (χ0v) is 13.2. The fourth-order valence-electron chi connectivity index (χ4n) is 1.36. The van der Waals surface area contributed by atoms with E-state index in [1.165, 1.54) is 7.05 Å². The van der Waals surface area contributed by atoms with Gasteiger partial charge in [0.1, 0.15) is 11.6 Å². The van der Waals surface area contributed by atoms with Crippen molar-refractivity contribution < 1.29 is 23.9 Å². The van der Waals surface area contributed by atoms with Gasteiger partial charge in [0.2, 0.25) is 5.91 Å². The molecule has 0 aromatic rings. The van der Waals surface area contributed by atoms with Gasteiger partial charge in [-0.25, -0.2) is 4.79 Å². The summed E-state index contributed by atoms with van der Waals surface area (Å²) in [5.74, 6) is -0.817. The van der Waals surface area contributed by atoms with Crippen LogP contribution in [0.4, 0.5) is 4.79 Å². The van der Waals surface area contributed by atoms with Gasteiger partial charge in [-0.15, -0.1) is 0 Å². The van der Waals surface area contributed by atoms with Crippen LogP contribution in [0.1, 0.15) is 27.7 Å². The Morgan fingerprint density at radius 3 is 2.29 bits per heavy atom. The van der Waals surface area contributed by atoms with E-state index in [0.717, 1.165) is 0 Å². The van der Waals surface area contributed by atoms with Gasteiger partial charge in [-0.3, -0.25) is 9.59 Å². The number of hydrogen-bond donors (Lipinski definition) is 3. The number of amides is 2. The lowest BCUT2D eigenvalue weighted by Crippen LogP contribution is -2.52. The van der Waals surface area contributed by atoms with E-state index >= 15 is 0 Å². The Bertz CT molecular complexity index is 365. The average Bonchev–Trinajstić information content (AvgIpc) is 2.34. The Morgan fingerprint density at radius 1 is 1.19 bits per heavy atom. The lowest BCUT2D eigenvalue weighted by molar-refractivity contribution is -0.142. The fourth-order valence-corrected chi connectivity index (χ4v) is 1.36. The quantitative estimate of drug-likeness (QED) is 0.561. The number of carbonyl (C=O) groups is 3. The van der Waals surface area contributed by atoms with E-state index < -0.39 is 29.6 Å². The van der Waals surface area contributed by atoms with Crippen LogP contribution >= 0.6 is 0 Å². The number of rotatable bonds is 7. The molecule has 0 aliphatic rings. The molecule has 0 aromatic carbocycles. The van der Waals surface area contributed by atoms with Crippen molar-refractivity contribution in [1.29, 1.82) is 0 Å². The van der Waals surface area contributed by atoms with E-state index in [1.54, 1.807) is 27.7 Å². The maximum atomic E-state index is 11.7. The molecule has 2 amide bonds. The summed E-state index contributed by atoms with van der Waals surface area (Å²) in [5.41, 5.74) is -0.657. The summed E-state index contributed by atoms with van der Waals surface area (Å²) in [7, 11) is 1.46. The smallest absolute Gasteiger partial charge is 0.408 e. The topological polar surface area (TPSA) is 106 Å². The third-order valence-corrected chi connectivity index (χ3v) is 2.18. The summed E-state index contributed by atoms with van der Waals surface area (Å²) in [6.45, 7) is 7.20. The number of ether oxygens (including phenoxy) is 2. The van der Waals surface area contributed by atoms with Crippen LogP contribution in [0.2, 0.25) is 0 Å². The Balaban J connectivity index is 4.37. The Labute approximate surface area is 124 Å². The molecule has 1 atom stereocenters. The first kappa shape index (κ1) is 19.2. The maximum absolute atomic E-state index is 11.7. The molecule has 0 radical (unpaired) electrons. The van der Waals surface area contributed by atoms with Crippen LogP contribution < -0.4 is 16.0 Å². The fraction of sp³-hybridized carbons (Fsp3) is 0.769. The second-order valence-corrected chi connectivity index (χ2v) is 5.25. The summed E-state index contributed by atoms with van der Waals surface area (Å²) in [6, 6.07) is -0.848. The van der Waals surface area contributed by atoms with Gasteiger partial charge in [0, 0.05) is 13.6 Å². The second-order valence-electron chi connectivity index (χ2n) is 5.25. The highest BCUT2D eigenvalue weighted by Gasteiger charge is 2.23. The molecule has 0 rings (SSSR count). The highest BCUT2D eigenvalue weighted by Crippen LogP contribution is 2.06. The van der Waals surface area contributed by atoms with Crippen molar-refractivity contribution in [3.63, 3.8) is 0 Å². The molecule has 8 nitrogen and oxygen atoms in total. The highest BCUT2D eigenvalue weighted by atomic mass is 16.6. The third kappa shape index (κ3) is 9.67. The number of likely N-dealkylation sites (N-methyl/N-ethyl adjacent to an activating group) is 1. The van der Waals surface area contributed by atoms with Gasteiger partial charge in [0.05, 0.1) is 13.2 Å². The van der Waals surface area contributed by atoms with Gasteiger partial charge in [-0.05, 0) is 27.7 Å². The molecule has 0 spiro atoms. The summed E-state index contributed by atoms with van der Waals surface area (Å²) >= 11 is 0. The minimum Gasteiger partial charge on any atom is -0.465 e. The largest absolute Gasteiger partial charge is 0.465 e. The molecular weight excluding hydrogens is 278 g/mol. The Morgan fingerprint density at radius 2 is 1.81 bits per heavy atom. The van der Waals surface area contributed by atoms with Gasteiger partial charge < -0.3 is 25.4 Å². The highest BCUT2D eigenvalue weighted by molar-refractivity contribution is 5.85. The molecule has 0 saturated carbocycles. The van der Waals surface area contributed by atoms with Crippen molar-refractivity contribution in [2.24, 2.45) is 0 Å². The Hall–Kier alpha value is -1.83. The Kier molecular flexibility index (Phi) is 8.37. The van der Waals surface area contributed by atoms with Gasteiger partial charge >= 0.3 is 12.1 Å². The van der Waals surface area contributed by atoms with Crippen molar-refractivity contribution in [1.82, 2.24) is 16.0 Å². The molecule has 0 aromatic heterocycles. The lowest BCUT2D eigenvalue weighted by atomic mass is 10.2. The van der Waals surface area contributed by atoms with Gasteiger partial charge in [-0.2, -0.15) is 0 Å². The molecule has 0 saturated heterocycles. The van der Waals surface area contributed by atoms with Crippen molar-refractivity contribution >= 4 is 18.0 Å². The van der Waals surface area contributed by atoms with Crippen LogP contribution in [-0.4, -0.2) is 56.4 Å². The first-order chi connectivity index (χ1) is 9.69.